The number of carbonyl (C=O) groups is 1. The summed E-state index contributed by atoms with van der Waals surface area (Å²) in [5.41, 5.74) is 1.06. The van der Waals surface area contributed by atoms with E-state index in [1.807, 2.05) is 30.3 Å². The second-order valence-electron chi connectivity index (χ2n) is 8.56. The summed E-state index contributed by atoms with van der Waals surface area (Å²) >= 11 is 0. The molecular weight excluding hydrogens is 338 g/mol. The summed E-state index contributed by atoms with van der Waals surface area (Å²) in [4.78, 5) is 14.7. The number of hydrogen-bond acceptors (Lipinski definition) is 3. The van der Waals surface area contributed by atoms with Crippen molar-refractivity contribution in [3.63, 3.8) is 0 Å². The van der Waals surface area contributed by atoms with E-state index < -0.39 is 0 Å². The van der Waals surface area contributed by atoms with Crippen LogP contribution in [0.2, 0.25) is 0 Å². The maximum absolute atomic E-state index is 12.2. The molecule has 0 aromatic heterocycles. The van der Waals surface area contributed by atoms with Crippen LogP contribution < -0.4 is 10.6 Å². The molecule has 0 unspecified atom stereocenters. The van der Waals surface area contributed by atoms with Gasteiger partial charge in [0.25, 0.3) is 0 Å². The summed E-state index contributed by atoms with van der Waals surface area (Å²) in [5.74, 6) is 0. The zero-order valence-electron chi connectivity index (χ0n) is 16.3. The quantitative estimate of drug-likeness (QED) is 0.836. The first kappa shape index (κ1) is 18.8. The second kappa shape index (κ2) is 8.61. The average Bonchev–Trinajstić information content (AvgIpc) is 3.06. The van der Waals surface area contributed by atoms with E-state index in [4.69, 9.17) is 4.74 Å². The molecule has 3 fully saturated rings. The van der Waals surface area contributed by atoms with Crippen LogP contribution in [0, 0.1) is 0 Å². The van der Waals surface area contributed by atoms with E-state index in [1.54, 1.807) is 0 Å². The molecule has 1 saturated carbocycles. The molecule has 5 heteroatoms. The Morgan fingerprint density at radius 2 is 1.78 bits per heavy atom. The van der Waals surface area contributed by atoms with Gasteiger partial charge < -0.3 is 20.3 Å². The summed E-state index contributed by atoms with van der Waals surface area (Å²) in [7, 11) is 0. The van der Waals surface area contributed by atoms with Crippen molar-refractivity contribution in [3.05, 3.63) is 30.3 Å². The molecule has 1 spiro atoms. The van der Waals surface area contributed by atoms with Crippen molar-refractivity contribution in [2.24, 2.45) is 0 Å². The third-order valence-corrected chi connectivity index (χ3v) is 6.52. The molecule has 4 rings (SSSR count). The van der Waals surface area contributed by atoms with Crippen LogP contribution in [0.5, 0.6) is 0 Å². The van der Waals surface area contributed by atoms with Crippen molar-refractivity contribution in [1.82, 2.24) is 10.2 Å². The number of nitrogens with zero attached hydrogens (tertiary/aromatic N) is 1. The van der Waals surface area contributed by atoms with Gasteiger partial charge in [0, 0.05) is 31.4 Å². The van der Waals surface area contributed by atoms with Crippen LogP contribution >= 0.6 is 0 Å². The Kier molecular flexibility index (Phi) is 5.98. The number of carbonyl (C=O) groups excluding carboxylic acids is 1. The van der Waals surface area contributed by atoms with Crippen molar-refractivity contribution >= 4 is 11.7 Å². The van der Waals surface area contributed by atoms with Gasteiger partial charge in [-0.1, -0.05) is 37.5 Å². The van der Waals surface area contributed by atoms with Crippen molar-refractivity contribution in [2.75, 3.05) is 25.0 Å². The maximum Gasteiger partial charge on any atom is 0.319 e. The zero-order chi connectivity index (χ0) is 18.5. The first-order valence-corrected chi connectivity index (χ1v) is 10.7. The van der Waals surface area contributed by atoms with Gasteiger partial charge in [0.2, 0.25) is 0 Å². The number of piperidine rings is 1. The van der Waals surface area contributed by atoms with Crippen molar-refractivity contribution in [1.29, 1.82) is 0 Å². The van der Waals surface area contributed by atoms with Gasteiger partial charge in [-0.25, -0.2) is 4.79 Å². The molecule has 2 aliphatic heterocycles. The molecule has 2 amide bonds. The van der Waals surface area contributed by atoms with E-state index in [2.05, 4.69) is 15.5 Å². The monoisotopic (exact) mass is 371 g/mol. The smallest absolute Gasteiger partial charge is 0.319 e. The number of anilines is 1. The minimum atomic E-state index is -0.0991. The van der Waals surface area contributed by atoms with Gasteiger partial charge in [-0.15, -0.1) is 0 Å². The number of benzene rings is 1. The lowest BCUT2D eigenvalue weighted by molar-refractivity contribution is -0.0731. The van der Waals surface area contributed by atoms with E-state index in [0.717, 1.165) is 38.2 Å². The van der Waals surface area contributed by atoms with Crippen LogP contribution in [0.25, 0.3) is 0 Å². The lowest BCUT2D eigenvalue weighted by Gasteiger charge is -2.36. The van der Waals surface area contributed by atoms with Gasteiger partial charge in [0.05, 0.1) is 11.7 Å². The van der Waals surface area contributed by atoms with Crippen LogP contribution in [0.1, 0.15) is 57.8 Å². The highest BCUT2D eigenvalue weighted by Gasteiger charge is 2.41. The number of nitrogens with one attached hydrogen (secondary N) is 2. The summed E-state index contributed by atoms with van der Waals surface area (Å²) in [6.07, 6.45) is 11.5. The normalized spacial score (nSPS) is 26.1. The molecule has 1 atom stereocenters. The fourth-order valence-electron chi connectivity index (χ4n) is 5.01. The first-order valence-electron chi connectivity index (χ1n) is 10.7. The molecule has 1 aromatic carbocycles. The van der Waals surface area contributed by atoms with Gasteiger partial charge >= 0.3 is 6.03 Å². The number of hydrogen-bond donors (Lipinski definition) is 2. The average molecular weight is 372 g/mol. The highest BCUT2D eigenvalue weighted by molar-refractivity contribution is 5.89. The summed E-state index contributed by atoms with van der Waals surface area (Å²) in [6.45, 7) is 3.15. The van der Waals surface area contributed by atoms with Crippen molar-refractivity contribution in [2.45, 2.75) is 75.5 Å². The van der Waals surface area contributed by atoms with Crippen LogP contribution in [0.4, 0.5) is 10.5 Å². The second-order valence-corrected chi connectivity index (χ2v) is 8.56. The number of urea groups is 1. The lowest BCUT2D eigenvalue weighted by Crippen LogP contribution is -2.47. The maximum atomic E-state index is 12.2. The molecule has 148 valence electrons. The van der Waals surface area contributed by atoms with E-state index in [-0.39, 0.29) is 17.7 Å². The first-order chi connectivity index (χ1) is 13.2. The van der Waals surface area contributed by atoms with Gasteiger partial charge in [-0.3, -0.25) is 0 Å². The van der Waals surface area contributed by atoms with Gasteiger partial charge in [0.15, 0.2) is 0 Å². The van der Waals surface area contributed by atoms with Crippen molar-refractivity contribution in [3.8, 4) is 0 Å². The molecular formula is C22H33N3O2. The van der Waals surface area contributed by atoms with E-state index >= 15 is 0 Å². The molecule has 0 radical (unpaired) electrons. The molecule has 2 heterocycles. The Hall–Kier alpha value is -1.59. The molecule has 5 nitrogen and oxygen atoms in total. The molecule has 2 saturated heterocycles. The Bertz CT molecular complexity index is 607. The molecule has 0 bridgehead atoms. The fraction of sp³-hybridized carbons (Fsp3) is 0.682. The Balaban J connectivity index is 1.17. The minimum absolute atomic E-state index is 0.0991. The van der Waals surface area contributed by atoms with E-state index in [0.29, 0.717) is 6.10 Å². The number of amides is 2. The Morgan fingerprint density at radius 1 is 1.04 bits per heavy atom. The minimum Gasteiger partial charge on any atom is -0.370 e. The van der Waals surface area contributed by atoms with Crippen molar-refractivity contribution < 1.29 is 9.53 Å². The Labute approximate surface area is 162 Å². The predicted molar refractivity (Wildman–Crippen MR) is 108 cm³/mol. The SMILES string of the molecule is O=C(Nc1ccccc1)NC1CCN(C[C@H]2CCC3(CCCCC3)O2)CC1. The van der Waals surface area contributed by atoms with Gasteiger partial charge in [-0.2, -0.15) is 0 Å². The number of para-hydroxylation sites is 1. The molecule has 3 aliphatic rings. The van der Waals surface area contributed by atoms with Crippen LogP contribution in [-0.4, -0.2) is 48.3 Å². The number of ether oxygens (including phenoxy) is 1. The summed E-state index contributed by atoms with van der Waals surface area (Å²) in [6, 6.07) is 9.78. The largest absolute Gasteiger partial charge is 0.370 e. The van der Waals surface area contributed by atoms with Crippen LogP contribution in [-0.2, 0) is 4.74 Å². The summed E-state index contributed by atoms with van der Waals surface area (Å²) in [5, 5.41) is 6.03. The van der Waals surface area contributed by atoms with E-state index in [1.165, 1.54) is 44.9 Å². The van der Waals surface area contributed by atoms with E-state index in [9.17, 15) is 4.79 Å². The zero-order valence-corrected chi connectivity index (χ0v) is 16.3. The van der Waals surface area contributed by atoms with Crippen LogP contribution in [0.3, 0.4) is 0 Å². The Morgan fingerprint density at radius 3 is 2.52 bits per heavy atom. The highest BCUT2D eigenvalue weighted by Crippen LogP contribution is 2.42. The number of likely N-dealkylation sites (tertiary alicyclic amines) is 1. The van der Waals surface area contributed by atoms with Gasteiger partial charge in [-0.05, 0) is 50.7 Å². The fourth-order valence-corrected chi connectivity index (χ4v) is 5.01. The topological polar surface area (TPSA) is 53.6 Å². The standard InChI is InChI=1S/C22H33N3O2/c26-21(23-18-7-3-1-4-8-18)24-19-10-15-25(16-11-19)17-20-9-14-22(27-20)12-5-2-6-13-22/h1,3-4,7-8,19-20H,2,5-6,9-17H2,(H2,23,24,26)/t20-/m1/s1. The predicted octanol–water partition coefficient (Wildman–Crippen LogP) is 4.15. The highest BCUT2D eigenvalue weighted by atomic mass is 16.5. The third-order valence-electron chi connectivity index (χ3n) is 6.52. The molecule has 1 aliphatic carbocycles. The summed E-state index contributed by atoms with van der Waals surface area (Å²) < 4.78 is 6.53. The molecule has 2 N–H and O–H groups in total. The van der Waals surface area contributed by atoms with Crippen LogP contribution in [0.15, 0.2) is 30.3 Å². The molecule has 27 heavy (non-hydrogen) atoms. The molecule has 1 aromatic rings. The third kappa shape index (κ3) is 5.02. The lowest BCUT2D eigenvalue weighted by atomic mass is 9.83. The number of rotatable bonds is 4. The van der Waals surface area contributed by atoms with Gasteiger partial charge in [0.1, 0.15) is 0 Å².